The van der Waals surface area contributed by atoms with Crippen LogP contribution in [-0.2, 0) is 35.9 Å². The molecule has 0 aromatic heterocycles. The van der Waals surface area contributed by atoms with Crippen LogP contribution < -0.4 is 0 Å². The first-order valence-electron chi connectivity index (χ1n) is 12.3. The van der Waals surface area contributed by atoms with Crippen LogP contribution in [0.15, 0.2) is 99.6 Å². The second kappa shape index (κ2) is 9.73. The Hall–Kier alpha value is -2.27. The van der Waals surface area contributed by atoms with Crippen LogP contribution in [0.3, 0.4) is 0 Å². The van der Waals surface area contributed by atoms with E-state index in [1.54, 1.807) is 0 Å². The fourth-order valence-corrected chi connectivity index (χ4v) is 11.1. The van der Waals surface area contributed by atoms with Gasteiger partial charge in [0, 0.05) is 24.2 Å². The van der Waals surface area contributed by atoms with Crippen molar-refractivity contribution in [3.05, 3.63) is 90.5 Å². The number of sulfone groups is 1. The van der Waals surface area contributed by atoms with Gasteiger partial charge in [-0.2, -0.15) is 0 Å². The Morgan fingerprint density at radius 2 is 1.45 bits per heavy atom. The van der Waals surface area contributed by atoms with E-state index in [0.29, 0.717) is 12.8 Å². The van der Waals surface area contributed by atoms with Crippen molar-refractivity contribution in [2.45, 2.75) is 56.3 Å². The summed E-state index contributed by atoms with van der Waals surface area (Å²) in [5, 5.41) is -3.87. The van der Waals surface area contributed by atoms with E-state index in [2.05, 4.69) is 0 Å². The average molecular weight is 579 g/mol. The van der Waals surface area contributed by atoms with E-state index in [9.17, 15) is 21.4 Å². The number of hydrogen-bond acceptors (Lipinski definition) is 5. The quantitative estimate of drug-likeness (QED) is 0.264. The van der Waals surface area contributed by atoms with Gasteiger partial charge in [-0.25, -0.2) is 25.6 Å². The molecule has 5 atom stereocenters. The maximum absolute atomic E-state index is 16.7. The lowest BCUT2D eigenvalue weighted by Gasteiger charge is -2.41. The minimum Gasteiger partial charge on any atom is -0.745 e. The molecule has 5 nitrogen and oxygen atoms in total. The van der Waals surface area contributed by atoms with Crippen molar-refractivity contribution in [3.63, 3.8) is 0 Å². The third-order valence-electron chi connectivity index (χ3n) is 7.99. The van der Waals surface area contributed by atoms with E-state index in [4.69, 9.17) is 0 Å². The van der Waals surface area contributed by atoms with Gasteiger partial charge in [0.15, 0.2) is 25.8 Å². The second-order valence-electron chi connectivity index (χ2n) is 10.2. The summed E-state index contributed by atoms with van der Waals surface area (Å²) in [5.74, 6) is -0.944. The molecule has 5 rings (SSSR count). The number of halogens is 2. The van der Waals surface area contributed by atoms with Crippen molar-refractivity contribution >= 4 is 30.9 Å². The maximum atomic E-state index is 16.7. The summed E-state index contributed by atoms with van der Waals surface area (Å²) in [7, 11) is -10.2. The van der Waals surface area contributed by atoms with Gasteiger partial charge in [0.1, 0.15) is 14.9 Å². The average Bonchev–Trinajstić information content (AvgIpc) is 3.47. The summed E-state index contributed by atoms with van der Waals surface area (Å²) in [5.41, 5.74) is -0.690. The summed E-state index contributed by atoms with van der Waals surface area (Å²) in [4.78, 5) is 1.71. The molecule has 202 valence electrons. The van der Waals surface area contributed by atoms with Gasteiger partial charge >= 0.3 is 0 Å². The maximum Gasteiger partial charge on any atom is 0.255 e. The Morgan fingerprint density at radius 1 is 0.921 bits per heavy atom. The van der Waals surface area contributed by atoms with E-state index in [1.165, 1.54) is 0 Å². The lowest BCUT2D eigenvalue weighted by Crippen LogP contribution is -2.53. The molecule has 0 radical (unpaired) electrons. The van der Waals surface area contributed by atoms with Crippen molar-refractivity contribution in [3.8, 4) is 0 Å². The minimum atomic E-state index is -5.84. The summed E-state index contributed by atoms with van der Waals surface area (Å²) in [6.07, 6.45) is 0.582. The van der Waals surface area contributed by atoms with Crippen LogP contribution in [0.1, 0.15) is 31.2 Å². The minimum absolute atomic E-state index is 0.0897. The van der Waals surface area contributed by atoms with Crippen molar-refractivity contribution in [2.24, 2.45) is 11.8 Å². The van der Waals surface area contributed by atoms with Crippen LogP contribution in [0.2, 0.25) is 0 Å². The molecule has 0 saturated heterocycles. The molecule has 0 aliphatic heterocycles. The first-order chi connectivity index (χ1) is 17.9. The van der Waals surface area contributed by atoms with Crippen LogP contribution >= 0.6 is 0 Å². The van der Waals surface area contributed by atoms with Gasteiger partial charge in [0.25, 0.3) is 5.00 Å². The van der Waals surface area contributed by atoms with E-state index in [1.807, 2.05) is 60.7 Å². The zero-order valence-electron chi connectivity index (χ0n) is 20.7. The van der Waals surface area contributed by atoms with Gasteiger partial charge in [-0.3, -0.25) is 0 Å². The normalized spacial score (nSPS) is 25.8. The fourth-order valence-electron chi connectivity index (χ4n) is 6.32. The molecule has 38 heavy (non-hydrogen) atoms. The molecule has 0 heterocycles. The Labute approximate surface area is 225 Å². The van der Waals surface area contributed by atoms with Gasteiger partial charge in [-0.15, -0.1) is 0 Å². The molecule has 2 fully saturated rings. The SMILES string of the molecule is CS(=O)(=O)c1ccc(C(F)(C(F)C2CC3CCC2([S+](c2ccccc2)c2ccccc2)C3)S(=O)(=O)[O-])cc1. The summed E-state index contributed by atoms with van der Waals surface area (Å²) < 4.78 is 93.7. The largest absolute Gasteiger partial charge is 0.745 e. The molecule has 10 heteroatoms. The van der Waals surface area contributed by atoms with Gasteiger partial charge in [0.05, 0.1) is 15.8 Å². The van der Waals surface area contributed by atoms with E-state index in [-0.39, 0.29) is 17.2 Å². The fraction of sp³-hybridized carbons (Fsp3) is 0.357. The van der Waals surface area contributed by atoms with Crippen molar-refractivity contribution in [1.82, 2.24) is 0 Å². The Kier molecular flexibility index (Phi) is 6.99. The monoisotopic (exact) mass is 578 g/mol. The van der Waals surface area contributed by atoms with Crippen LogP contribution in [0, 0.1) is 11.8 Å². The summed E-state index contributed by atoms with van der Waals surface area (Å²) in [6.45, 7) is 0. The highest BCUT2D eigenvalue weighted by Gasteiger charge is 2.69. The molecule has 3 aromatic rings. The molecule has 5 unspecified atom stereocenters. The standard InChI is InChI=1S/C28H28F2O5S3/c1-37(31,32)24-14-12-21(13-15-24)28(30,38(33,34)35)26(29)25-18-20-16-17-27(25,19-20)36(22-8-4-2-5-9-22)23-10-6-3-7-11-23/h2-15,20,25-26H,16-19H2,1H3. The molecule has 2 aliphatic rings. The molecule has 0 spiro atoms. The zero-order chi connectivity index (χ0) is 27.3. The van der Waals surface area contributed by atoms with Crippen LogP contribution in [0.5, 0.6) is 0 Å². The van der Waals surface area contributed by atoms with Crippen molar-refractivity contribution < 1.29 is 30.2 Å². The Bertz CT molecular complexity index is 1480. The smallest absolute Gasteiger partial charge is 0.255 e. The summed E-state index contributed by atoms with van der Waals surface area (Å²) in [6, 6.07) is 23.0. The number of benzene rings is 3. The van der Waals surface area contributed by atoms with E-state index < -0.39 is 58.3 Å². The predicted molar refractivity (Wildman–Crippen MR) is 142 cm³/mol. The molecule has 0 N–H and O–H groups in total. The van der Waals surface area contributed by atoms with Crippen molar-refractivity contribution in [2.75, 3.05) is 6.26 Å². The zero-order valence-corrected chi connectivity index (χ0v) is 23.1. The molecule has 2 bridgehead atoms. The highest BCUT2D eigenvalue weighted by Crippen LogP contribution is 2.63. The third kappa shape index (κ3) is 4.49. The molecular formula is C28H28F2O5S3. The molecule has 3 aromatic carbocycles. The van der Waals surface area contributed by atoms with Gasteiger partial charge in [0.2, 0.25) is 0 Å². The molecule has 0 amide bonds. The highest BCUT2D eigenvalue weighted by atomic mass is 32.2. The Morgan fingerprint density at radius 3 is 1.89 bits per heavy atom. The number of alkyl halides is 2. The summed E-state index contributed by atoms with van der Waals surface area (Å²) >= 11 is 0. The first kappa shape index (κ1) is 27.3. The molecule has 2 saturated carbocycles. The van der Waals surface area contributed by atoms with Crippen LogP contribution in [0.25, 0.3) is 0 Å². The second-order valence-corrected chi connectivity index (χ2v) is 16.1. The number of hydrogen-bond donors (Lipinski definition) is 0. The highest BCUT2D eigenvalue weighted by molar-refractivity contribution is 7.98. The lowest BCUT2D eigenvalue weighted by atomic mass is 9.81. The van der Waals surface area contributed by atoms with Gasteiger partial charge in [-0.1, -0.05) is 48.5 Å². The van der Waals surface area contributed by atoms with Crippen LogP contribution in [-0.4, -0.2) is 38.6 Å². The third-order valence-corrected chi connectivity index (χ3v) is 13.3. The van der Waals surface area contributed by atoms with Gasteiger partial charge in [-0.05, 0) is 61.6 Å². The first-order valence-corrected chi connectivity index (χ1v) is 16.8. The molecule has 2 aliphatic carbocycles. The topological polar surface area (TPSA) is 91.3 Å². The predicted octanol–water partition coefficient (Wildman–Crippen LogP) is 5.39. The Balaban J connectivity index is 1.64. The van der Waals surface area contributed by atoms with Crippen molar-refractivity contribution in [1.29, 1.82) is 0 Å². The van der Waals surface area contributed by atoms with E-state index in [0.717, 1.165) is 46.7 Å². The number of rotatable bonds is 8. The van der Waals surface area contributed by atoms with Gasteiger partial charge < -0.3 is 4.55 Å². The van der Waals surface area contributed by atoms with E-state index >= 15 is 8.78 Å². The molecular weight excluding hydrogens is 551 g/mol. The lowest BCUT2D eigenvalue weighted by molar-refractivity contribution is 0.0490. The number of fused-ring (bicyclic) bond motifs is 2. The van der Waals surface area contributed by atoms with Crippen LogP contribution in [0.4, 0.5) is 8.78 Å².